The van der Waals surface area contributed by atoms with Gasteiger partial charge >= 0.3 is 0 Å². The van der Waals surface area contributed by atoms with Gasteiger partial charge in [-0.15, -0.1) is 0 Å². The molecule has 1 heteroatoms. The van der Waals surface area contributed by atoms with Crippen molar-refractivity contribution < 1.29 is 4.39 Å². The van der Waals surface area contributed by atoms with Gasteiger partial charge in [0, 0.05) is 5.41 Å². The van der Waals surface area contributed by atoms with Gasteiger partial charge in [-0.1, -0.05) is 26.0 Å². The summed E-state index contributed by atoms with van der Waals surface area (Å²) in [5.74, 6) is 0. The second-order valence-electron chi connectivity index (χ2n) is 3.40. The first-order valence-electron chi connectivity index (χ1n) is 4.32. The molecule has 0 aliphatic heterocycles. The Morgan fingerprint density at radius 2 is 2.09 bits per heavy atom. The fourth-order valence-electron chi connectivity index (χ4n) is 0.975. The van der Waals surface area contributed by atoms with Gasteiger partial charge in [-0.3, -0.25) is 0 Å². The smallest absolute Gasteiger partial charge is 0.103 e. The third-order valence-corrected chi connectivity index (χ3v) is 2.59. The Hall–Kier alpha value is -0.330. The number of hydrogen-bond donors (Lipinski definition) is 0. The molecule has 0 aliphatic rings. The normalized spacial score (nSPS) is 20.1. The molecule has 0 N–H and O–H groups in total. The summed E-state index contributed by atoms with van der Waals surface area (Å²) in [5, 5.41) is 0. The van der Waals surface area contributed by atoms with Crippen molar-refractivity contribution in [2.24, 2.45) is 5.41 Å². The van der Waals surface area contributed by atoms with Gasteiger partial charge in [0.2, 0.25) is 0 Å². The van der Waals surface area contributed by atoms with Crippen molar-refractivity contribution in [2.45, 2.75) is 46.7 Å². The van der Waals surface area contributed by atoms with Gasteiger partial charge in [-0.25, -0.2) is 4.39 Å². The number of alkyl halides is 1. The molecule has 66 valence electrons. The van der Waals surface area contributed by atoms with Gasteiger partial charge < -0.3 is 0 Å². The Morgan fingerprint density at radius 3 is 2.36 bits per heavy atom. The summed E-state index contributed by atoms with van der Waals surface area (Å²) < 4.78 is 13.0. The standard InChI is InChI=1S/C10H19F/c1-5-7-8-10(4,6-2)9(3)11/h5,7,9H,6,8H2,1-4H3/b7-5-/t9-,10?/m0/s1. The summed E-state index contributed by atoms with van der Waals surface area (Å²) >= 11 is 0. The molecule has 0 saturated carbocycles. The first-order chi connectivity index (χ1) is 5.06. The number of rotatable bonds is 4. The van der Waals surface area contributed by atoms with Crippen LogP contribution in [-0.4, -0.2) is 6.17 Å². The molecule has 11 heavy (non-hydrogen) atoms. The predicted octanol–water partition coefficient (Wildman–Crippen LogP) is 3.73. The number of hydrogen-bond acceptors (Lipinski definition) is 0. The van der Waals surface area contributed by atoms with Crippen LogP contribution < -0.4 is 0 Å². The van der Waals surface area contributed by atoms with E-state index in [4.69, 9.17) is 0 Å². The lowest BCUT2D eigenvalue weighted by Crippen LogP contribution is -2.25. The highest BCUT2D eigenvalue weighted by molar-refractivity contribution is 4.89. The lowest BCUT2D eigenvalue weighted by Gasteiger charge is -2.28. The van der Waals surface area contributed by atoms with Crippen molar-refractivity contribution >= 4 is 0 Å². The van der Waals surface area contributed by atoms with Gasteiger partial charge in [0.1, 0.15) is 6.17 Å². The van der Waals surface area contributed by atoms with Gasteiger partial charge in [0.05, 0.1) is 0 Å². The van der Waals surface area contributed by atoms with Gasteiger partial charge in [-0.05, 0) is 26.7 Å². The summed E-state index contributed by atoms with van der Waals surface area (Å²) in [7, 11) is 0. The largest absolute Gasteiger partial charge is 0.247 e. The van der Waals surface area contributed by atoms with Crippen molar-refractivity contribution in [1.82, 2.24) is 0 Å². The highest BCUT2D eigenvalue weighted by atomic mass is 19.1. The number of halogens is 1. The first-order valence-corrected chi connectivity index (χ1v) is 4.32. The minimum atomic E-state index is -0.719. The molecule has 0 aliphatic carbocycles. The molecule has 0 bridgehead atoms. The van der Waals surface area contributed by atoms with E-state index in [1.165, 1.54) is 0 Å². The van der Waals surface area contributed by atoms with Crippen molar-refractivity contribution in [3.05, 3.63) is 12.2 Å². The van der Waals surface area contributed by atoms with E-state index < -0.39 is 6.17 Å². The lowest BCUT2D eigenvalue weighted by atomic mass is 9.80. The average molecular weight is 158 g/mol. The molecule has 0 spiro atoms. The molecular formula is C10H19F. The lowest BCUT2D eigenvalue weighted by molar-refractivity contribution is 0.137. The third kappa shape index (κ3) is 3.04. The molecule has 0 aromatic heterocycles. The van der Waals surface area contributed by atoms with Crippen molar-refractivity contribution in [3.63, 3.8) is 0 Å². The van der Waals surface area contributed by atoms with Gasteiger partial charge in [0.25, 0.3) is 0 Å². The van der Waals surface area contributed by atoms with Crippen LogP contribution in [0.25, 0.3) is 0 Å². The maximum atomic E-state index is 13.0. The maximum absolute atomic E-state index is 13.0. The minimum Gasteiger partial charge on any atom is -0.247 e. The van der Waals surface area contributed by atoms with Crippen molar-refractivity contribution in [1.29, 1.82) is 0 Å². The van der Waals surface area contributed by atoms with E-state index in [0.29, 0.717) is 0 Å². The third-order valence-electron chi connectivity index (χ3n) is 2.59. The molecule has 0 heterocycles. The Balaban J connectivity index is 4.10. The highest BCUT2D eigenvalue weighted by Gasteiger charge is 2.27. The van der Waals surface area contributed by atoms with Crippen LogP contribution in [0.3, 0.4) is 0 Å². The highest BCUT2D eigenvalue weighted by Crippen LogP contribution is 2.32. The van der Waals surface area contributed by atoms with E-state index in [0.717, 1.165) is 12.8 Å². The van der Waals surface area contributed by atoms with Gasteiger partial charge in [-0.2, -0.15) is 0 Å². The molecule has 0 nitrogen and oxygen atoms in total. The van der Waals surface area contributed by atoms with Crippen LogP contribution in [0.1, 0.15) is 40.5 Å². The van der Waals surface area contributed by atoms with E-state index in [9.17, 15) is 4.39 Å². The molecule has 0 rings (SSSR count). The Bertz CT molecular complexity index is 127. The van der Waals surface area contributed by atoms with Crippen LogP contribution in [-0.2, 0) is 0 Å². The zero-order chi connectivity index (χ0) is 8.91. The zero-order valence-electron chi connectivity index (χ0n) is 8.02. The molecule has 0 saturated heterocycles. The van der Waals surface area contributed by atoms with Crippen LogP contribution in [0.4, 0.5) is 4.39 Å². The van der Waals surface area contributed by atoms with Crippen LogP contribution in [0.15, 0.2) is 12.2 Å². The summed E-state index contributed by atoms with van der Waals surface area (Å²) in [4.78, 5) is 0. The van der Waals surface area contributed by atoms with Crippen LogP contribution in [0.5, 0.6) is 0 Å². The Kier molecular flexibility index (Phi) is 4.39. The van der Waals surface area contributed by atoms with Crippen molar-refractivity contribution in [3.8, 4) is 0 Å². The van der Waals surface area contributed by atoms with Crippen LogP contribution in [0.2, 0.25) is 0 Å². The topological polar surface area (TPSA) is 0 Å². The predicted molar refractivity (Wildman–Crippen MR) is 48.4 cm³/mol. The van der Waals surface area contributed by atoms with Crippen LogP contribution in [0, 0.1) is 5.41 Å². The number of allylic oxidation sites excluding steroid dienone is 2. The summed E-state index contributed by atoms with van der Waals surface area (Å²) in [6.07, 6.45) is 5.05. The molecule has 0 amide bonds. The summed E-state index contributed by atoms with van der Waals surface area (Å²) in [6.45, 7) is 7.66. The molecule has 0 fully saturated rings. The van der Waals surface area contributed by atoms with E-state index in [1.54, 1.807) is 6.92 Å². The molecule has 2 atom stereocenters. The molecule has 0 radical (unpaired) electrons. The SMILES string of the molecule is C/C=C\CC(C)(CC)[C@H](C)F. The quantitative estimate of drug-likeness (QED) is 0.547. The maximum Gasteiger partial charge on any atom is 0.103 e. The van der Waals surface area contributed by atoms with E-state index in [1.807, 2.05) is 32.9 Å². The summed E-state index contributed by atoms with van der Waals surface area (Å²) in [6, 6.07) is 0. The fraction of sp³-hybridized carbons (Fsp3) is 0.800. The Morgan fingerprint density at radius 1 is 1.55 bits per heavy atom. The molecule has 0 aromatic rings. The first kappa shape index (κ1) is 10.7. The van der Waals surface area contributed by atoms with E-state index in [-0.39, 0.29) is 5.41 Å². The molecule has 1 unspecified atom stereocenters. The fourth-order valence-corrected chi connectivity index (χ4v) is 0.975. The zero-order valence-corrected chi connectivity index (χ0v) is 8.02. The molecule has 0 aromatic carbocycles. The second-order valence-corrected chi connectivity index (χ2v) is 3.40. The second kappa shape index (κ2) is 4.53. The van der Waals surface area contributed by atoms with Crippen LogP contribution >= 0.6 is 0 Å². The van der Waals surface area contributed by atoms with Gasteiger partial charge in [0.15, 0.2) is 0 Å². The van der Waals surface area contributed by atoms with E-state index in [2.05, 4.69) is 0 Å². The van der Waals surface area contributed by atoms with E-state index >= 15 is 0 Å². The monoisotopic (exact) mass is 158 g/mol. The average Bonchev–Trinajstić information content (AvgIpc) is 2.00. The van der Waals surface area contributed by atoms with Crippen molar-refractivity contribution in [2.75, 3.05) is 0 Å². The summed E-state index contributed by atoms with van der Waals surface area (Å²) in [5.41, 5.74) is -0.160. The minimum absolute atomic E-state index is 0.160. The molecular weight excluding hydrogens is 139 g/mol. The Labute approximate surface area is 69.5 Å².